The van der Waals surface area contributed by atoms with Crippen molar-refractivity contribution in [3.63, 3.8) is 0 Å². The van der Waals surface area contributed by atoms with Crippen molar-refractivity contribution in [2.45, 2.75) is 387 Å². The highest BCUT2D eigenvalue weighted by atomic mass is 31.2. The van der Waals surface area contributed by atoms with Crippen LogP contribution in [-0.4, -0.2) is 96.7 Å². The van der Waals surface area contributed by atoms with Gasteiger partial charge in [-0.1, -0.05) is 316 Å². The number of rotatable bonds is 73. The third-order valence-corrected chi connectivity index (χ3v) is 18.8. The molecule has 0 amide bonds. The van der Waals surface area contributed by atoms with Crippen molar-refractivity contribution >= 4 is 39.5 Å². The van der Waals surface area contributed by atoms with Crippen LogP contribution in [0.25, 0.3) is 0 Å². The second-order valence-corrected chi connectivity index (χ2v) is 29.7. The molecule has 0 saturated heterocycles. The van der Waals surface area contributed by atoms with Gasteiger partial charge in [-0.15, -0.1) is 0 Å². The molecule has 0 radical (unpaired) electrons. The number of esters is 4. The Labute approximate surface area is 573 Å². The van der Waals surface area contributed by atoms with Gasteiger partial charge in [0.1, 0.15) is 19.3 Å². The fraction of sp³-hybridized carbons (Fsp3) is 0.893. The number of hydrogen-bond acceptors (Lipinski definition) is 15. The summed E-state index contributed by atoms with van der Waals surface area (Å²) < 4.78 is 68.4. The molecule has 0 heterocycles. The second-order valence-electron chi connectivity index (χ2n) is 26.8. The van der Waals surface area contributed by atoms with E-state index in [1.165, 1.54) is 167 Å². The molecule has 0 bridgehead atoms. The lowest BCUT2D eigenvalue weighted by atomic mass is 10.0. The molecule has 0 aromatic heterocycles. The summed E-state index contributed by atoms with van der Waals surface area (Å²) in [6.07, 6.45) is 59.1. The SMILES string of the molecule is CCCCCC/C=C\C=C/CCCCCCCC(=O)OC[C@H](COP(=O)(O)OC[C@@H](O)COP(=O)(O)OC[C@@H](COC(=O)CCCCCCCCCC)OC(=O)CCCCCCCCCCCCCC(C)C)OC(=O)CCCCCCCCCCCCCCCCCCC. The summed E-state index contributed by atoms with van der Waals surface area (Å²) in [6, 6.07) is 0. The predicted molar refractivity (Wildman–Crippen MR) is 381 cm³/mol. The lowest BCUT2D eigenvalue weighted by Crippen LogP contribution is -2.30. The van der Waals surface area contributed by atoms with Crippen molar-refractivity contribution in [2.75, 3.05) is 39.6 Å². The van der Waals surface area contributed by atoms with Crippen molar-refractivity contribution in [1.29, 1.82) is 0 Å². The van der Waals surface area contributed by atoms with Gasteiger partial charge in [-0.2, -0.15) is 0 Å². The van der Waals surface area contributed by atoms with Crippen LogP contribution >= 0.6 is 15.6 Å². The van der Waals surface area contributed by atoms with Crippen LogP contribution in [0.3, 0.4) is 0 Å². The van der Waals surface area contributed by atoms with E-state index >= 15 is 0 Å². The zero-order chi connectivity index (χ0) is 69.1. The maximum absolute atomic E-state index is 13.1. The number of allylic oxidation sites excluding steroid dienone is 4. The first-order valence-electron chi connectivity index (χ1n) is 38.5. The molecule has 554 valence electrons. The van der Waals surface area contributed by atoms with Crippen LogP contribution in [0.2, 0.25) is 0 Å². The molecule has 0 aliphatic rings. The van der Waals surface area contributed by atoms with E-state index in [1.54, 1.807) is 0 Å². The van der Waals surface area contributed by atoms with Gasteiger partial charge in [-0.3, -0.25) is 37.3 Å². The molecule has 0 spiro atoms. The van der Waals surface area contributed by atoms with E-state index in [4.69, 9.17) is 37.0 Å². The number of hydrogen-bond donors (Lipinski definition) is 3. The van der Waals surface area contributed by atoms with E-state index < -0.39 is 97.5 Å². The fourth-order valence-electron chi connectivity index (χ4n) is 11.0. The van der Waals surface area contributed by atoms with Crippen LogP contribution in [0.15, 0.2) is 24.3 Å². The molecule has 94 heavy (non-hydrogen) atoms. The van der Waals surface area contributed by atoms with E-state index in [2.05, 4.69) is 58.9 Å². The number of unbranched alkanes of at least 4 members (excludes halogenated alkanes) is 42. The van der Waals surface area contributed by atoms with E-state index in [9.17, 15) is 43.2 Å². The average Bonchev–Trinajstić information content (AvgIpc) is 1.78. The number of phosphoric ester groups is 2. The van der Waals surface area contributed by atoms with Gasteiger partial charge in [-0.25, -0.2) is 9.13 Å². The molecule has 5 atom stereocenters. The lowest BCUT2D eigenvalue weighted by Gasteiger charge is -2.21. The highest BCUT2D eigenvalue weighted by Gasteiger charge is 2.30. The standard InChI is InChI=1S/C75H142O17P2/c1-6-9-12-15-18-21-23-25-27-28-30-32-36-40-45-50-55-60-74(79)92-71(65-86-73(78)59-54-49-44-39-35-31-29-26-24-22-19-16-13-10-7-2)67-90-94(83,84)88-63-69(76)62-87-93(81,82)89-66-70(64-85-72(77)58-53-48-43-20-17-14-11-8-3)91-75(80)61-56-51-46-41-37-33-34-38-42-47-52-57-68(4)5/h22,24,26,29,68-71,76H,6-21,23,25,27-28,30-67H2,1-5H3,(H,81,82)(H,83,84)/b24-22-,29-26-/t69-,70+,71+/m0/s1. The summed E-state index contributed by atoms with van der Waals surface area (Å²) >= 11 is 0. The van der Waals surface area contributed by atoms with E-state index in [1.807, 2.05) is 0 Å². The fourth-order valence-corrected chi connectivity index (χ4v) is 12.6. The maximum atomic E-state index is 13.1. The minimum absolute atomic E-state index is 0.102. The largest absolute Gasteiger partial charge is 0.472 e. The first-order chi connectivity index (χ1) is 45.5. The molecule has 0 aromatic rings. The Balaban J connectivity index is 5.25. The minimum Gasteiger partial charge on any atom is -0.462 e. The first kappa shape index (κ1) is 91.5. The normalized spacial score (nSPS) is 14.1. The summed E-state index contributed by atoms with van der Waals surface area (Å²) in [5, 5.41) is 10.6. The third kappa shape index (κ3) is 68.1. The second kappa shape index (κ2) is 67.7. The van der Waals surface area contributed by atoms with Gasteiger partial charge in [0.05, 0.1) is 26.4 Å². The topological polar surface area (TPSA) is 237 Å². The van der Waals surface area contributed by atoms with Gasteiger partial charge in [0, 0.05) is 25.7 Å². The Morgan fingerprint density at radius 1 is 0.330 bits per heavy atom. The van der Waals surface area contributed by atoms with E-state index in [0.717, 1.165) is 121 Å². The molecule has 0 aliphatic carbocycles. The number of aliphatic hydroxyl groups excluding tert-OH is 1. The smallest absolute Gasteiger partial charge is 0.462 e. The maximum Gasteiger partial charge on any atom is 0.472 e. The molecule has 17 nitrogen and oxygen atoms in total. The number of ether oxygens (including phenoxy) is 4. The number of carbonyl (C=O) groups excluding carboxylic acids is 4. The Hall–Kier alpha value is -2.46. The molecular weight excluding hydrogens is 1230 g/mol. The quantitative estimate of drug-likeness (QED) is 0.0169. The van der Waals surface area contributed by atoms with E-state index in [0.29, 0.717) is 25.7 Å². The molecular formula is C75H142O17P2. The summed E-state index contributed by atoms with van der Waals surface area (Å²) in [5.74, 6) is -1.38. The predicted octanol–water partition coefficient (Wildman–Crippen LogP) is 21.6. The van der Waals surface area contributed by atoms with Crippen LogP contribution in [0.1, 0.15) is 369 Å². The number of carbonyl (C=O) groups is 4. The summed E-state index contributed by atoms with van der Waals surface area (Å²) in [5.41, 5.74) is 0. The molecule has 0 saturated carbocycles. The number of aliphatic hydroxyl groups is 1. The van der Waals surface area contributed by atoms with Crippen molar-refractivity contribution in [3.8, 4) is 0 Å². The molecule has 0 fully saturated rings. The summed E-state index contributed by atoms with van der Waals surface area (Å²) in [7, 11) is -9.92. The van der Waals surface area contributed by atoms with Gasteiger partial charge < -0.3 is 33.8 Å². The summed E-state index contributed by atoms with van der Waals surface area (Å²) in [4.78, 5) is 72.7. The van der Waals surface area contributed by atoms with E-state index in [-0.39, 0.29) is 25.7 Å². The van der Waals surface area contributed by atoms with Gasteiger partial charge in [0.15, 0.2) is 12.2 Å². The van der Waals surface area contributed by atoms with Gasteiger partial charge in [0.25, 0.3) is 0 Å². The van der Waals surface area contributed by atoms with Gasteiger partial charge in [0.2, 0.25) is 0 Å². The Kier molecular flexibility index (Phi) is 65.9. The minimum atomic E-state index is -4.96. The molecule has 0 aromatic carbocycles. The van der Waals surface area contributed by atoms with Gasteiger partial charge in [-0.05, 0) is 57.3 Å². The Morgan fingerprint density at radius 2 is 0.574 bits per heavy atom. The molecule has 0 rings (SSSR count). The van der Waals surface area contributed by atoms with Crippen LogP contribution < -0.4 is 0 Å². The van der Waals surface area contributed by atoms with Crippen molar-refractivity contribution < 1.29 is 80.2 Å². The highest BCUT2D eigenvalue weighted by Crippen LogP contribution is 2.45. The Morgan fingerprint density at radius 3 is 0.872 bits per heavy atom. The third-order valence-electron chi connectivity index (χ3n) is 16.9. The van der Waals surface area contributed by atoms with Crippen molar-refractivity contribution in [2.24, 2.45) is 5.92 Å². The first-order valence-corrected chi connectivity index (χ1v) is 41.4. The molecule has 0 aliphatic heterocycles. The van der Waals surface area contributed by atoms with Gasteiger partial charge >= 0.3 is 39.5 Å². The molecule has 3 N–H and O–H groups in total. The van der Waals surface area contributed by atoms with Crippen molar-refractivity contribution in [1.82, 2.24) is 0 Å². The van der Waals surface area contributed by atoms with Crippen LogP contribution in [0.5, 0.6) is 0 Å². The Bertz CT molecular complexity index is 1900. The monoisotopic (exact) mass is 1380 g/mol. The summed E-state index contributed by atoms with van der Waals surface area (Å²) in [6.45, 7) is 7.19. The van der Waals surface area contributed by atoms with Crippen LogP contribution in [0, 0.1) is 5.92 Å². The highest BCUT2D eigenvalue weighted by molar-refractivity contribution is 7.47. The lowest BCUT2D eigenvalue weighted by molar-refractivity contribution is -0.161. The van der Waals surface area contributed by atoms with Crippen LogP contribution in [-0.2, 0) is 65.4 Å². The molecule has 2 unspecified atom stereocenters. The zero-order valence-corrected chi connectivity index (χ0v) is 62.4. The van der Waals surface area contributed by atoms with Crippen LogP contribution in [0.4, 0.5) is 0 Å². The average molecular weight is 1380 g/mol. The van der Waals surface area contributed by atoms with Crippen molar-refractivity contribution in [3.05, 3.63) is 24.3 Å². The number of phosphoric acid groups is 2. The zero-order valence-electron chi connectivity index (χ0n) is 60.6. The molecule has 19 heteroatoms.